The SMILES string of the molecule is COc1ccnc(OCC2CCNCC2)c1.Cl.Cl. The summed E-state index contributed by atoms with van der Waals surface area (Å²) in [6, 6.07) is 3.64. The molecule has 1 N–H and O–H groups in total. The third-order valence-corrected chi connectivity index (χ3v) is 2.87. The number of nitrogens with one attached hydrogen (secondary N) is 1. The van der Waals surface area contributed by atoms with Crippen LogP contribution in [0, 0.1) is 5.92 Å². The van der Waals surface area contributed by atoms with E-state index in [1.165, 1.54) is 12.8 Å². The van der Waals surface area contributed by atoms with E-state index in [-0.39, 0.29) is 24.8 Å². The summed E-state index contributed by atoms with van der Waals surface area (Å²) in [6.07, 6.45) is 4.07. The molecule has 0 spiro atoms. The number of methoxy groups -OCH3 is 1. The van der Waals surface area contributed by atoms with Gasteiger partial charge in [0.05, 0.1) is 13.7 Å². The molecule has 0 atom stereocenters. The van der Waals surface area contributed by atoms with Crippen LogP contribution in [0.4, 0.5) is 0 Å². The number of piperidine rings is 1. The van der Waals surface area contributed by atoms with E-state index in [2.05, 4.69) is 10.3 Å². The number of aromatic nitrogens is 1. The first-order valence-electron chi connectivity index (χ1n) is 5.72. The topological polar surface area (TPSA) is 43.4 Å². The third kappa shape index (κ3) is 5.29. The molecule has 1 aromatic rings. The zero-order chi connectivity index (χ0) is 11.2. The van der Waals surface area contributed by atoms with Gasteiger partial charge >= 0.3 is 0 Å². The van der Waals surface area contributed by atoms with E-state index in [1.807, 2.05) is 12.1 Å². The number of pyridine rings is 1. The summed E-state index contributed by atoms with van der Waals surface area (Å²) in [7, 11) is 1.64. The van der Waals surface area contributed by atoms with Gasteiger partial charge in [0.15, 0.2) is 0 Å². The molecule has 0 bridgehead atoms. The van der Waals surface area contributed by atoms with Gasteiger partial charge < -0.3 is 14.8 Å². The fraction of sp³-hybridized carbons (Fsp3) is 0.583. The van der Waals surface area contributed by atoms with Crippen molar-refractivity contribution < 1.29 is 9.47 Å². The maximum absolute atomic E-state index is 5.67. The smallest absolute Gasteiger partial charge is 0.216 e. The van der Waals surface area contributed by atoms with Crippen molar-refractivity contribution in [3.8, 4) is 11.6 Å². The molecule has 0 unspecified atom stereocenters. The molecule has 18 heavy (non-hydrogen) atoms. The summed E-state index contributed by atoms with van der Waals surface area (Å²) < 4.78 is 10.8. The lowest BCUT2D eigenvalue weighted by Gasteiger charge is -2.22. The van der Waals surface area contributed by atoms with E-state index in [0.717, 1.165) is 25.4 Å². The summed E-state index contributed by atoms with van der Waals surface area (Å²) in [5.74, 6) is 2.09. The molecule has 2 heterocycles. The molecular formula is C12H20Cl2N2O2. The van der Waals surface area contributed by atoms with Gasteiger partial charge in [-0.3, -0.25) is 0 Å². The maximum atomic E-state index is 5.67. The van der Waals surface area contributed by atoms with Crippen molar-refractivity contribution in [3.63, 3.8) is 0 Å². The van der Waals surface area contributed by atoms with Crippen molar-refractivity contribution in [2.75, 3.05) is 26.8 Å². The summed E-state index contributed by atoms with van der Waals surface area (Å²) in [6.45, 7) is 2.95. The van der Waals surface area contributed by atoms with Crippen LogP contribution >= 0.6 is 24.8 Å². The molecule has 4 nitrogen and oxygen atoms in total. The fourth-order valence-electron chi connectivity index (χ4n) is 1.85. The molecule has 0 radical (unpaired) electrons. The van der Waals surface area contributed by atoms with Gasteiger partial charge in [0.1, 0.15) is 5.75 Å². The zero-order valence-electron chi connectivity index (χ0n) is 10.4. The monoisotopic (exact) mass is 294 g/mol. The number of ether oxygens (including phenoxy) is 2. The van der Waals surface area contributed by atoms with Crippen LogP contribution in [0.5, 0.6) is 11.6 Å². The molecule has 0 saturated carbocycles. The normalized spacial score (nSPS) is 15.2. The van der Waals surface area contributed by atoms with E-state index in [1.54, 1.807) is 13.3 Å². The van der Waals surface area contributed by atoms with Crippen LogP contribution < -0.4 is 14.8 Å². The minimum Gasteiger partial charge on any atom is -0.497 e. The summed E-state index contributed by atoms with van der Waals surface area (Å²) in [5.41, 5.74) is 0. The summed E-state index contributed by atoms with van der Waals surface area (Å²) in [5, 5.41) is 3.34. The lowest BCUT2D eigenvalue weighted by molar-refractivity contribution is 0.208. The molecule has 6 heteroatoms. The average molecular weight is 295 g/mol. The predicted molar refractivity (Wildman–Crippen MR) is 76.4 cm³/mol. The summed E-state index contributed by atoms with van der Waals surface area (Å²) in [4.78, 5) is 4.15. The van der Waals surface area contributed by atoms with Gasteiger partial charge in [-0.2, -0.15) is 0 Å². The van der Waals surface area contributed by atoms with E-state index in [9.17, 15) is 0 Å². The van der Waals surface area contributed by atoms with Gasteiger partial charge in [0.25, 0.3) is 0 Å². The van der Waals surface area contributed by atoms with Crippen molar-refractivity contribution >= 4 is 24.8 Å². The Morgan fingerprint density at radius 2 is 2.06 bits per heavy atom. The third-order valence-electron chi connectivity index (χ3n) is 2.87. The maximum Gasteiger partial charge on any atom is 0.216 e. The Morgan fingerprint density at radius 3 is 2.72 bits per heavy atom. The second kappa shape index (κ2) is 9.25. The Kier molecular flexibility index (Phi) is 8.89. The second-order valence-electron chi connectivity index (χ2n) is 4.04. The lowest BCUT2D eigenvalue weighted by Crippen LogP contribution is -2.30. The van der Waals surface area contributed by atoms with Crippen molar-refractivity contribution in [1.29, 1.82) is 0 Å². The Balaban J connectivity index is 0.00000144. The van der Waals surface area contributed by atoms with Crippen LogP contribution in [0.1, 0.15) is 12.8 Å². The quantitative estimate of drug-likeness (QED) is 0.925. The number of halogens is 2. The minimum atomic E-state index is 0. The van der Waals surface area contributed by atoms with Crippen molar-refractivity contribution in [1.82, 2.24) is 10.3 Å². The van der Waals surface area contributed by atoms with E-state index >= 15 is 0 Å². The highest BCUT2D eigenvalue weighted by molar-refractivity contribution is 5.85. The highest BCUT2D eigenvalue weighted by atomic mass is 35.5. The van der Waals surface area contributed by atoms with Crippen molar-refractivity contribution in [2.24, 2.45) is 5.92 Å². The van der Waals surface area contributed by atoms with Crippen LogP contribution in [-0.2, 0) is 0 Å². The fourth-order valence-corrected chi connectivity index (χ4v) is 1.85. The second-order valence-corrected chi connectivity index (χ2v) is 4.04. The van der Waals surface area contributed by atoms with Crippen LogP contribution in [0.2, 0.25) is 0 Å². The standard InChI is InChI=1S/C12H18N2O2.2ClH/c1-15-11-4-7-14-12(8-11)16-9-10-2-5-13-6-3-10;;/h4,7-8,10,13H,2-3,5-6,9H2,1H3;2*1H. The molecule has 1 aliphatic rings. The van der Waals surface area contributed by atoms with Crippen molar-refractivity contribution in [3.05, 3.63) is 18.3 Å². The van der Waals surface area contributed by atoms with Gasteiger partial charge in [-0.05, 0) is 37.9 Å². The molecule has 1 saturated heterocycles. The van der Waals surface area contributed by atoms with Gasteiger partial charge in [0, 0.05) is 12.3 Å². The van der Waals surface area contributed by atoms with Gasteiger partial charge in [-0.1, -0.05) is 0 Å². The number of hydrogen-bond donors (Lipinski definition) is 1. The molecule has 1 aliphatic heterocycles. The van der Waals surface area contributed by atoms with Crippen LogP contribution in [0.3, 0.4) is 0 Å². The van der Waals surface area contributed by atoms with E-state index in [0.29, 0.717) is 11.8 Å². The summed E-state index contributed by atoms with van der Waals surface area (Å²) >= 11 is 0. The first-order valence-corrected chi connectivity index (χ1v) is 5.72. The predicted octanol–water partition coefficient (Wildman–Crippen LogP) is 2.31. The highest BCUT2D eigenvalue weighted by Gasteiger charge is 2.13. The zero-order valence-corrected chi connectivity index (χ0v) is 12.1. The molecule has 0 amide bonds. The van der Waals surface area contributed by atoms with Crippen molar-refractivity contribution in [2.45, 2.75) is 12.8 Å². The molecule has 1 aromatic heterocycles. The average Bonchev–Trinajstić information content (AvgIpc) is 2.38. The number of nitrogens with zero attached hydrogens (tertiary/aromatic N) is 1. The molecule has 104 valence electrons. The molecule has 2 rings (SSSR count). The number of hydrogen-bond acceptors (Lipinski definition) is 4. The first kappa shape index (κ1) is 17.3. The number of rotatable bonds is 4. The Hall–Kier alpha value is -0.710. The molecule has 1 fully saturated rings. The molecule has 0 aliphatic carbocycles. The van der Waals surface area contributed by atoms with E-state index < -0.39 is 0 Å². The Bertz CT molecular complexity index is 334. The van der Waals surface area contributed by atoms with Gasteiger partial charge in [-0.25, -0.2) is 4.98 Å². The van der Waals surface area contributed by atoms with Crippen LogP contribution in [0.25, 0.3) is 0 Å². The van der Waals surface area contributed by atoms with Gasteiger partial charge in [-0.15, -0.1) is 24.8 Å². The van der Waals surface area contributed by atoms with Gasteiger partial charge in [0.2, 0.25) is 5.88 Å². The first-order chi connectivity index (χ1) is 7.88. The van der Waals surface area contributed by atoms with E-state index in [4.69, 9.17) is 9.47 Å². The lowest BCUT2D eigenvalue weighted by atomic mass is 9.99. The highest BCUT2D eigenvalue weighted by Crippen LogP contribution is 2.18. The Morgan fingerprint density at radius 1 is 1.33 bits per heavy atom. The molecular weight excluding hydrogens is 275 g/mol. The largest absolute Gasteiger partial charge is 0.497 e. The Labute approximate surface area is 120 Å². The minimum absolute atomic E-state index is 0. The molecule has 0 aromatic carbocycles. The van der Waals surface area contributed by atoms with Crippen LogP contribution in [-0.4, -0.2) is 31.8 Å². The van der Waals surface area contributed by atoms with Crippen LogP contribution in [0.15, 0.2) is 18.3 Å².